The smallest absolute Gasteiger partial charge is 0.120 e. The Morgan fingerprint density at radius 3 is 3.20 bits per heavy atom. The molecule has 0 spiro atoms. The molecule has 1 aliphatic rings. The Balaban J connectivity index is 1.86. The molecule has 3 heteroatoms. The first-order valence-electron chi connectivity index (χ1n) is 5.38. The Morgan fingerprint density at radius 2 is 2.47 bits per heavy atom. The molecule has 15 heavy (non-hydrogen) atoms. The first kappa shape index (κ1) is 10.3. The summed E-state index contributed by atoms with van der Waals surface area (Å²) < 4.78 is 10.7. The van der Waals surface area contributed by atoms with Crippen LogP contribution in [0.3, 0.4) is 0 Å². The quantitative estimate of drug-likeness (QED) is 0.821. The minimum Gasteiger partial charge on any atom is -0.497 e. The lowest BCUT2D eigenvalue weighted by atomic mass is 10.2. The highest BCUT2D eigenvalue weighted by Gasteiger charge is 2.14. The molecule has 1 aromatic rings. The van der Waals surface area contributed by atoms with E-state index < -0.39 is 0 Å². The second-order valence-corrected chi connectivity index (χ2v) is 3.75. The fraction of sp³-hybridized carbons (Fsp3) is 0.500. The van der Waals surface area contributed by atoms with Crippen molar-refractivity contribution in [2.45, 2.75) is 18.9 Å². The number of hydrogen-bond donors (Lipinski definition) is 1. The van der Waals surface area contributed by atoms with E-state index in [1.807, 2.05) is 24.3 Å². The summed E-state index contributed by atoms with van der Waals surface area (Å²) in [5.41, 5.74) is 1.09. The second kappa shape index (κ2) is 5.03. The summed E-state index contributed by atoms with van der Waals surface area (Å²) in [5, 5.41) is 3.36. The third-order valence-corrected chi connectivity index (χ3v) is 2.63. The van der Waals surface area contributed by atoms with Crippen molar-refractivity contribution in [3.63, 3.8) is 0 Å². The Morgan fingerprint density at radius 1 is 1.53 bits per heavy atom. The van der Waals surface area contributed by atoms with Crippen LogP contribution >= 0.6 is 0 Å². The number of hydrogen-bond acceptors (Lipinski definition) is 3. The van der Waals surface area contributed by atoms with Crippen molar-refractivity contribution < 1.29 is 9.47 Å². The van der Waals surface area contributed by atoms with Crippen molar-refractivity contribution in [1.82, 2.24) is 0 Å². The van der Waals surface area contributed by atoms with Crippen LogP contribution in [0.5, 0.6) is 5.75 Å². The van der Waals surface area contributed by atoms with Crippen LogP contribution in [0.25, 0.3) is 0 Å². The van der Waals surface area contributed by atoms with Gasteiger partial charge >= 0.3 is 0 Å². The summed E-state index contributed by atoms with van der Waals surface area (Å²) in [6.07, 6.45) is 2.72. The Hall–Kier alpha value is -1.22. The van der Waals surface area contributed by atoms with Gasteiger partial charge in [-0.25, -0.2) is 0 Å². The highest BCUT2D eigenvalue weighted by molar-refractivity contribution is 5.48. The molecule has 1 atom stereocenters. The highest BCUT2D eigenvalue weighted by atomic mass is 16.5. The summed E-state index contributed by atoms with van der Waals surface area (Å²) in [7, 11) is 1.68. The maximum absolute atomic E-state index is 5.54. The molecule has 1 N–H and O–H groups in total. The summed E-state index contributed by atoms with van der Waals surface area (Å²) >= 11 is 0. The van der Waals surface area contributed by atoms with E-state index in [2.05, 4.69) is 5.32 Å². The van der Waals surface area contributed by atoms with E-state index in [1.54, 1.807) is 7.11 Å². The van der Waals surface area contributed by atoms with E-state index in [9.17, 15) is 0 Å². The van der Waals surface area contributed by atoms with Gasteiger partial charge in [-0.1, -0.05) is 6.07 Å². The number of methoxy groups -OCH3 is 1. The van der Waals surface area contributed by atoms with Crippen LogP contribution in [-0.2, 0) is 4.74 Å². The third-order valence-electron chi connectivity index (χ3n) is 2.63. The zero-order chi connectivity index (χ0) is 10.5. The van der Waals surface area contributed by atoms with Gasteiger partial charge in [-0.2, -0.15) is 0 Å². The summed E-state index contributed by atoms with van der Waals surface area (Å²) in [4.78, 5) is 0. The van der Waals surface area contributed by atoms with Gasteiger partial charge in [-0.3, -0.25) is 0 Å². The minimum absolute atomic E-state index is 0.371. The Bertz CT molecular complexity index is 308. The van der Waals surface area contributed by atoms with Gasteiger partial charge in [0.1, 0.15) is 5.75 Å². The van der Waals surface area contributed by atoms with Crippen LogP contribution in [0.2, 0.25) is 0 Å². The Labute approximate surface area is 90.4 Å². The molecular weight excluding hydrogens is 190 g/mol. The number of ether oxygens (including phenoxy) is 2. The fourth-order valence-corrected chi connectivity index (χ4v) is 1.77. The summed E-state index contributed by atoms with van der Waals surface area (Å²) in [6, 6.07) is 7.96. The number of nitrogens with one attached hydrogen (secondary N) is 1. The van der Waals surface area contributed by atoms with Crippen molar-refractivity contribution in [2.75, 3.05) is 25.6 Å². The molecule has 0 radical (unpaired) electrons. The van der Waals surface area contributed by atoms with Crippen molar-refractivity contribution in [2.24, 2.45) is 0 Å². The van der Waals surface area contributed by atoms with Crippen LogP contribution in [0.4, 0.5) is 5.69 Å². The van der Waals surface area contributed by atoms with E-state index in [0.29, 0.717) is 6.10 Å². The predicted octanol–water partition coefficient (Wildman–Crippen LogP) is 2.29. The van der Waals surface area contributed by atoms with Gasteiger partial charge in [0.05, 0.1) is 13.2 Å². The monoisotopic (exact) mass is 207 g/mol. The lowest BCUT2D eigenvalue weighted by molar-refractivity contribution is 0.120. The number of anilines is 1. The highest BCUT2D eigenvalue weighted by Crippen LogP contribution is 2.18. The zero-order valence-corrected chi connectivity index (χ0v) is 9.03. The molecule has 3 nitrogen and oxygen atoms in total. The van der Waals surface area contributed by atoms with Gasteiger partial charge in [-0.05, 0) is 25.0 Å². The number of benzene rings is 1. The molecule has 82 valence electrons. The lowest BCUT2D eigenvalue weighted by Crippen LogP contribution is -2.18. The molecule has 1 heterocycles. The largest absolute Gasteiger partial charge is 0.497 e. The van der Waals surface area contributed by atoms with E-state index in [0.717, 1.165) is 31.0 Å². The number of rotatable bonds is 4. The predicted molar refractivity (Wildman–Crippen MR) is 60.5 cm³/mol. The van der Waals surface area contributed by atoms with Gasteiger partial charge < -0.3 is 14.8 Å². The Kier molecular flexibility index (Phi) is 3.45. The molecule has 0 saturated carbocycles. The maximum atomic E-state index is 5.54. The molecule has 0 aromatic heterocycles. The molecule has 1 aliphatic heterocycles. The lowest BCUT2D eigenvalue weighted by Gasteiger charge is -2.12. The third kappa shape index (κ3) is 2.86. The molecule has 1 fully saturated rings. The normalized spacial score (nSPS) is 20.2. The molecule has 1 aromatic carbocycles. The maximum Gasteiger partial charge on any atom is 0.120 e. The van der Waals surface area contributed by atoms with E-state index in [-0.39, 0.29) is 0 Å². The standard InChI is InChI=1S/C12H17NO2/c1-14-11-5-2-4-10(8-11)13-9-12-6-3-7-15-12/h2,4-5,8,12-13H,3,6-7,9H2,1H3. The molecular formula is C12H17NO2. The first-order valence-corrected chi connectivity index (χ1v) is 5.38. The zero-order valence-electron chi connectivity index (χ0n) is 9.03. The van der Waals surface area contributed by atoms with Gasteiger partial charge in [0.25, 0.3) is 0 Å². The van der Waals surface area contributed by atoms with Gasteiger partial charge in [0, 0.05) is 24.9 Å². The van der Waals surface area contributed by atoms with Crippen molar-refractivity contribution in [3.8, 4) is 5.75 Å². The van der Waals surface area contributed by atoms with Crippen LogP contribution in [0.15, 0.2) is 24.3 Å². The van der Waals surface area contributed by atoms with Crippen LogP contribution in [0.1, 0.15) is 12.8 Å². The average Bonchev–Trinajstić information content (AvgIpc) is 2.79. The fourth-order valence-electron chi connectivity index (χ4n) is 1.77. The topological polar surface area (TPSA) is 30.5 Å². The average molecular weight is 207 g/mol. The van der Waals surface area contributed by atoms with Crippen LogP contribution < -0.4 is 10.1 Å². The molecule has 0 bridgehead atoms. The van der Waals surface area contributed by atoms with Crippen LogP contribution in [0, 0.1) is 0 Å². The molecule has 0 amide bonds. The van der Waals surface area contributed by atoms with E-state index in [4.69, 9.17) is 9.47 Å². The SMILES string of the molecule is COc1cccc(NCC2CCCO2)c1. The van der Waals surface area contributed by atoms with Crippen LogP contribution in [-0.4, -0.2) is 26.4 Å². The van der Waals surface area contributed by atoms with Gasteiger partial charge in [0.15, 0.2) is 0 Å². The second-order valence-electron chi connectivity index (χ2n) is 3.75. The molecule has 2 rings (SSSR count). The van der Waals surface area contributed by atoms with Gasteiger partial charge in [0.2, 0.25) is 0 Å². The molecule has 1 saturated heterocycles. The van der Waals surface area contributed by atoms with Gasteiger partial charge in [-0.15, -0.1) is 0 Å². The van der Waals surface area contributed by atoms with E-state index >= 15 is 0 Å². The minimum atomic E-state index is 0.371. The van der Waals surface area contributed by atoms with Crippen molar-refractivity contribution in [3.05, 3.63) is 24.3 Å². The van der Waals surface area contributed by atoms with Crippen molar-refractivity contribution >= 4 is 5.69 Å². The molecule has 0 aliphatic carbocycles. The first-order chi connectivity index (χ1) is 7.38. The summed E-state index contributed by atoms with van der Waals surface area (Å²) in [6.45, 7) is 1.79. The molecule has 1 unspecified atom stereocenters. The summed E-state index contributed by atoms with van der Waals surface area (Å²) in [5.74, 6) is 0.882. The van der Waals surface area contributed by atoms with Crippen molar-refractivity contribution in [1.29, 1.82) is 0 Å². The van der Waals surface area contributed by atoms with E-state index in [1.165, 1.54) is 6.42 Å².